The molecule has 136 valence electrons. The Balaban J connectivity index is 1.62. The van der Waals surface area contributed by atoms with Gasteiger partial charge < -0.3 is 15.4 Å². The number of hydrogen-bond donors (Lipinski definition) is 2. The molecule has 0 fully saturated rings. The highest BCUT2D eigenvalue weighted by Crippen LogP contribution is 2.14. The molecule has 1 aromatic carbocycles. The quantitative estimate of drug-likeness (QED) is 0.643. The molecular weight excluding hydrogens is 334 g/mol. The second-order valence-electron chi connectivity index (χ2n) is 5.74. The molecule has 2 heterocycles. The first-order chi connectivity index (χ1) is 12.6. The van der Waals surface area contributed by atoms with Crippen LogP contribution in [0.5, 0.6) is 5.75 Å². The maximum Gasteiger partial charge on any atom is 0.242 e. The zero-order chi connectivity index (χ0) is 18.5. The first kappa shape index (κ1) is 17.6. The molecule has 0 saturated carbocycles. The predicted molar refractivity (Wildman–Crippen MR) is 94.8 cm³/mol. The van der Waals surface area contributed by atoms with Crippen molar-refractivity contribution in [2.45, 2.75) is 12.6 Å². The highest BCUT2D eigenvalue weighted by molar-refractivity contribution is 5.82. The summed E-state index contributed by atoms with van der Waals surface area (Å²) in [6, 6.07) is 7.00. The fourth-order valence-electron chi connectivity index (χ4n) is 2.56. The maximum atomic E-state index is 12.4. The molecular formula is C17H21N7O2. The molecule has 1 atom stereocenters. The Hall–Kier alpha value is -3.20. The van der Waals surface area contributed by atoms with Crippen molar-refractivity contribution in [1.29, 1.82) is 0 Å². The minimum absolute atomic E-state index is 0.153. The van der Waals surface area contributed by atoms with Crippen LogP contribution in [0.15, 0.2) is 42.9 Å². The van der Waals surface area contributed by atoms with Gasteiger partial charge in [0.15, 0.2) is 0 Å². The van der Waals surface area contributed by atoms with E-state index in [1.54, 1.807) is 42.1 Å². The SMILES string of the molecule is CNC(C(=O)NCc1cn(-c2ccc(OC)cc2)nn1)c1cnn(C)c1. The summed E-state index contributed by atoms with van der Waals surface area (Å²) >= 11 is 0. The van der Waals surface area contributed by atoms with E-state index in [0.29, 0.717) is 5.69 Å². The van der Waals surface area contributed by atoms with Crippen LogP contribution < -0.4 is 15.4 Å². The molecule has 0 saturated heterocycles. The molecule has 0 radical (unpaired) electrons. The summed E-state index contributed by atoms with van der Waals surface area (Å²) in [4.78, 5) is 12.4. The van der Waals surface area contributed by atoms with E-state index in [4.69, 9.17) is 4.74 Å². The van der Waals surface area contributed by atoms with Gasteiger partial charge >= 0.3 is 0 Å². The highest BCUT2D eigenvalue weighted by Gasteiger charge is 2.20. The van der Waals surface area contributed by atoms with Crippen molar-refractivity contribution in [3.8, 4) is 11.4 Å². The Labute approximate surface area is 151 Å². The van der Waals surface area contributed by atoms with Gasteiger partial charge in [0.05, 0.1) is 31.7 Å². The van der Waals surface area contributed by atoms with Crippen molar-refractivity contribution in [2.75, 3.05) is 14.2 Å². The molecule has 2 aromatic heterocycles. The molecule has 0 aliphatic carbocycles. The third-order valence-electron chi connectivity index (χ3n) is 3.93. The van der Waals surface area contributed by atoms with Crippen LogP contribution in [0.3, 0.4) is 0 Å². The molecule has 3 aromatic rings. The smallest absolute Gasteiger partial charge is 0.242 e. The van der Waals surface area contributed by atoms with Crippen LogP contribution >= 0.6 is 0 Å². The van der Waals surface area contributed by atoms with Gasteiger partial charge in [-0.2, -0.15) is 5.10 Å². The predicted octanol–water partition coefficient (Wildman–Crippen LogP) is 0.586. The second kappa shape index (κ2) is 7.79. The molecule has 0 aliphatic rings. The van der Waals surface area contributed by atoms with Gasteiger partial charge in [0.25, 0.3) is 0 Å². The number of nitrogens with zero attached hydrogens (tertiary/aromatic N) is 5. The third kappa shape index (κ3) is 3.89. The summed E-state index contributed by atoms with van der Waals surface area (Å²) in [5.41, 5.74) is 2.32. The van der Waals surface area contributed by atoms with Gasteiger partial charge in [0, 0.05) is 18.8 Å². The van der Waals surface area contributed by atoms with Crippen molar-refractivity contribution in [2.24, 2.45) is 7.05 Å². The van der Waals surface area contributed by atoms with E-state index in [1.807, 2.05) is 31.3 Å². The van der Waals surface area contributed by atoms with E-state index < -0.39 is 6.04 Å². The van der Waals surface area contributed by atoms with Crippen LogP contribution in [-0.2, 0) is 18.4 Å². The fraction of sp³-hybridized carbons (Fsp3) is 0.294. The lowest BCUT2D eigenvalue weighted by Crippen LogP contribution is -2.35. The van der Waals surface area contributed by atoms with Gasteiger partial charge in [0.1, 0.15) is 17.5 Å². The van der Waals surface area contributed by atoms with E-state index in [2.05, 4.69) is 26.0 Å². The Morgan fingerprint density at radius 3 is 2.65 bits per heavy atom. The Morgan fingerprint density at radius 1 is 1.27 bits per heavy atom. The topological polar surface area (TPSA) is 98.9 Å². The zero-order valence-corrected chi connectivity index (χ0v) is 14.9. The minimum Gasteiger partial charge on any atom is -0.497 e. The van der Waals surface area contributed by atoms with E-state index in [-0.39, 0.29) is 12.5 Å². The maximum absolute atomic E-state index is 12.4. The first-order valence-electron chi connectivity index (χ1n) is 8.10. The summed E-state index contributed by atoms with van der Waals surface area (Å²) in [7, 11) is 5.16. The molecule has 9 nitrogen and oxygen atoms in total. The molecule has 1 amide bonds. The van der Waals surface area contributed by atoms with E-state index >= 15 is 0 Å². The zero-order valence-electron chi connectivity index (χ0n) is 14.9. The van der Waals surface area contributed by atoms with Crippen LogP contribution in [0.2, 0.25) is 0 Å². The number of hydrogen-bond acceptors (Lipinski definition) is 6. The van der Waals surface area contributed by atoms with Gasteiger partial charge in [-0.15, -0.1) is 5.10 Å². The summed E-state index contributed by atoms with van der Waals surface area (Å²) in [6.07, 6.45) is 5.25. The first-order valence-corrected chi connectivity index (χ1v) is 8.10. The van der Waals surface area contributed by atoms with Crippen LogP contribution in [0.25, 0.3) is 5.69 Å². The van der Waals surface area contributed by atoms with Crippen LogP contribution in [0.1, 0.15) is 17.3 Å². The lowest BCUT2D eigenvalue weighted by atomic mass is 10.1. The molecule has 3 rings (SSSR count). The lowest BCUT2D eigenvalue weighted by Gasteiger charge is -2.13. The molecule has 9 heteroatoms. The standard InChI is InChI=1S/C17H21N7O2/c1-18-16(12-8-20-23(2)10-12)17(25)19-9-13-11-24(22-21-13)14-4-6-15(26-3)7-5-14/h4-8,10-11,16,18H,9H2,1-3H3,(H,19,25). The summed E-state index contributed by atoms with van der Waals surface area (Å²) < 4.78 is 8.45. The molecule has 0 spiro atoms. The van der Waals surface area contributed by atoms with Crippen molar-refractivity contribution in [3.63, 3.8) is 0 Å². The number of nitrogens with one attached hydrogen (secondary N) is 2. The van der Waals surface area contributed by atoms with Gasteiger partial charge in [0.2, 0.25) is 5.91 Å². The number of ether oxygens (including phenoxy) is 1. The van der Waals surface area contributed by atoms with Crippen molar-refractivity contribution in [3.05, 3.63) is 54.1 Å². The molecule has 1 unspecified atom stereocenters. The monoisotopic (exact) mass is 355 g/mol. The number of amides is 1. The second-order valence-corrected chi connectivity index (χ2v) is 5.74. The number of methoxy groups -OCH3 is 1. The van der Waals surface area contributed by atoms with Crippen LogP contribution in [0, 0.1) is 0 Å². The van der Waals surface area contributed by atoms with Gasteiger partial charge in [-0.05, 0) is 31.3 Å². The summed E-state index contributed by atoms with van der Waals surface area (Å²) in [5.74, 6) is 0.620. The number of benzene rings is 1. The number of rotatable bonds is 7. The van der Waals surface area contributed by atoms with E-state index in [9.17, 15) is 4.79 Å². The normalized spacial score (nSPS) is 12.0. The summed E-state index contributed by atoms with van der Waals surface area (Å²) in [6.45, 7) is 0.285. The Bertz CT molecular complexity index is 869. The van der Waals surface area contributed by atoms with E-state index in [1.165, 1.54) is 0 Å². The van der Waals surface area contributed by atoms with Gasteiger partial charge in [-0.3, -0.25) is 9.48 Å². The minimum atomic E-state index is -0.472. The fourth-order valence-corrected chi connectivity index (χ4v) is 2.56. The average molecular weight is 355 g/mol. The number of carbonyl (C=O) groups excluding carboxylic acids is 1. The largest absolute Gasteiger partial charge is 0.497 e. The molecule has 0 aliphatic heterocycles. The number of likely N-dealkylation sites (N-methyl/N-ethyl adjacent to an activating group) is 1. The van der Waals surface area contributed by atoms with Gasteiger partial charge in [-0.25, -0.2) is 4.68 Å². The van der Waals surface area contributed by atoms with Gasteiger partial charge in [-0.1, -0.05) is 5.21 Å². The Morgan fingerprint density at radius 2 is 2.04 bits per heavy atom. The number of aryl methyl sites for hydroxylation is 1. The van der Waals surface area contributed by atoms with Crippen LogP contribution in [-0.4, -0.2) is 44.8 Å². The lowest BCUT2D eigenvalue weighted by molar-refractivity contribution is -0.123. The Kier molecular flexibility index (Phi) is 5.28. The summed E-state index contributed by atoms with van der Waals surface area (Å²) in [5, 5.41) is 18.1. The third-order valence-corrected chi connectivity index (χ3v) is 3.93. The van der Waals surface area contributed by atoms with Crippen molar-refractivity contribution in [1.82, 2.24) is 35.4 Å². The van der Waals surface area contributed by atoms with Crippen molar-refractivity contribution < 1.29 is 9.53 Å². The molecule has 0 bridgehead atoms. The van der Waals surface area contributed by atoms with E-state index in [0.717, 1.165) is 17.0 Å². The molecule has 26 heavy (non-hydrogen) atoms. The van der Waals surface area contributed by atoms with Crippen LogP contribution in [0.4, 0.5) is 0 Å². The molecule has 2 N–H and O–H groups in total. The number of carbonyl (C=O) groups is 1. The number of aromatic nitrogens is 5. The van der Waals surface area contributed by atoms with Crippen molar-refractivity contribution >= 4 is 5.91 Å². The average Bonchev–Trinajstić information content (AvgIpc) is 3.30. The highest BCUT2D eigenvalue weighted by atomic mass is 16.5.